The van der Waals surface area contributed by atoms with Gasteiger partial charge < -0.3 is 4.90 Å². The van der Waals surface area contributed by atoms with Gasteiger partial charge in [0.1, 0.15) is 11.3 Å². The summed E-state index contributed by atoms with van der Waals surface area (Å²) < 4.78 is 16.4. The van der Waals surface area contributed by atoms with Gasteiger partial charge in [0.05, 0.1) is 17.4 Å². The van der Waals surface area contributed by atoms with Gasteiger partial charge in [-0.2, -0.15) is 0 Å². The van der Waals surface area contributed by atoms with Crippen LogP contribution in [-0.4, -0.2) is 32.6 Å². The Bertz CT molecular complexity index is 1440. The summed E-state index contributed by atoms with van der Waals surface area (Å²) >= 11 is 0. The van der Waals surface area contributed by atoms with E-state index in [2.05, 4.69) is 25.9 Å². The Kier molecular flexibility index (Phi) is 5.55. The molecule has 1 unspecified atom stereocenters. The molecule has 4 aromatic rings. The molecule has 0 N–H and O–H groups in total. The highest BCUT2D eigenvalue weighted by Gasteiger charge is 2.30. The first kappa shape index (κ1) is 21.9. The van der Waals surface area contributed by atoms with Crippen LogP contribution >= 0.6 is 0 Å². The van der Waals surface area contributed by atoms with Gasteiger partial charge in [-0.05, 0) is 74.3 Å². The molecule has 178 valence electrons. The van der Waals surface area contributed by atoms with E-state index in [1.807, 2.05) is 29.7 Å². The van der Waals surface area contributed by atoms with E-state index in [1.165, 1.54) is 11.6 Å². The lowest BCUT2D eigenvalue weighted by molar-refractivity contribution is 0.459. The van der Waals surface area contributed by atoms with Crippen molar-refractivity contribution in [1.29, 1.82) is 0 Å². The van der Waals surface area contributed by atoms with Crippen LogP contribution in [0.1, 0.15) is 60.0 Å². The molecule has 1 saturated heterocycles. The maximum absolute atomic E-state index is 14.6. The first-order valence-electron chi connectivity index (χ1n) is 12.4. The van der Waals surface area contributed by atoms with E-state index < -0.39 is 0 Å². The summed E-state index contributed by atoms with van der Waals surface area (Å²) in [5.74, 6) is -0.0921. The first-order valence-corrected chi connectivity index (χ1v) is 12.4. The van der Waals surface area contributed by atoms with Gasteiger partial charge in [0.2, 0.25) is 0 Å². The molecule has 1 atom stereocenters. The average Bonchev–Trinajstić information content (AvgIpc) is 2.89. The maximum Gasteiger partial charge on any atom is 0.256 e. The average molecular weight is 470 g/mol. The molecule has 4 heterocycles. The van der Waals surface area contributed by atoms with Crippen LogP contribution in [0, 0.1) is 12.7 Å². The van der Waals surface area contributed by atoms with Crippen LogP contribution in [0.2, 0.25) is 0 Å². The number of hydrogen-bond acceptors (Lipinski definition) is 5. The van der Waals surface area contributed by atoms with Crippen LogP contribution < -0.4 is 10.5 Å². The lowest BCUT2D eigenvalue weighted by atomic mass is 9.88. The molecule has 3 aromatic heterocycles. The molecule has 0 saturated carbocycles. The zero-order valence-corrected chi connectivity index (χ0v) is 19.8. The maximum atomic E-state index is 14.6. The smallest absolute Gasteiger partial charge is 0.256 e. The molecular formula is C28H28FN5O. The van der Waals surface area contributed by atoms with Gasteiger partial charge in [0, 0.05) is 37.2 Å². The van der Waals surface area contributed by atoms with E-state index in [-0.39, 0.29) is 23.3 Å². The van der Waals surface area contributed by atoms with Crippen molar-refractivity contribution in [1.82, 2.24) is 19.5 Å². The second-order valence-electron chi connectivity index (χ2n) is 9.66. The normalized spacial score (nSPS) is 18.6. The van der Waals surface area contributed by atoms with E-state index in [0.717, 1.165) is 54.4 Å². The lowest BCUT2D eigenvalue weighted by Crippen LogP contribution is -2.37. The summed E-state index contributed by atoms with van der Waals surface area (Å²) in [7, 11) is 0. The van der Waals surface area contributed by atoms with Gasteiger partial charge >= 0.3 is 0 Å². The fourth-order valence-corrected chi connectivity index (χ4v) is 5.93. The fourth-order valence-electron chi connectivity index (χ4n) is 5.93. The largest absolute Gasteiger partial charge is 0.369 e. The fraction of sp³-hybridized carbons (Fsp3) is 0.357. The summed E-state index contributed by atoms with van der Waals surface area (Å²) in [6.07, 6.45) is 9.54. The number of aryl methyl sites for hydroxylation is 2. The molecule has 2 aliphatic rings. The van der Waals surface area contributed by atoms with Crippen LogP contribution in [0.25, 0.3) is 11.2 Å². The highest BCUT2D eigenvalue weighted by atomic mass is 19.1. The number of fused-ring (bicyclic) bond motifs is 2. The minimum absolute atomic E-state index is 0.00188. The minimum Gasteiger partial charge on any atom is -0.369 e. The SMILES string of the molecule is Cc1cccc(F)c1N1CCC(c2cc3nccnc3n(C3CCCc4cccnc43)c2=O)CC1. The van der Waals surface area contributed by atoms with Gasteiger partial charge in [-0.3, -0.25) is 19.3 Å². The van der Waals surface area contributed by atoms with Crippen molar-refractivity contribution in [3.05, 3.63) is 93.5 Å². The zero-order chi connectivity index (χ0) is 23.9. The van der Waals surface area contributed by atoms with Crippen molar-refractivity contribution < 1.29 is 4.39 Å². The molecule has 7 heteroatoms. The van der Waals surface area contributed by atoms with Crippen LogP contribution in [0.5, 0.6) is 0 Å². The third-order valence-corrected chi connectivity index (χ3v) is 7.61. The summed E-state index contributed by atoms with van der Waals surface area (Å²) in [5, 5.41) is 0. The molecule has 1 fully saturated rings. The molecule has 0 bridgehead atoms. The Balaban J connectivity index is 1.39. The van der Waals surface area contributed by atoms with Crippen molar-refractivity contribution in [2.24, 2.45) is 0 Å². The van der Waals surface area contributed by atoms with E-state index in [1.54, 1.807) is 24.7 Å². The van der Waals surface area contributed by atoms with Gasteiger partial charge in [0.15, 0.2) is 5.65 Å². The third-order valence-electron chi connectivity index (χ3n) is 7.61. The van der Waals surface area contributed by atoms with Crippen LogP contribution in [0.4, 0.5) is 10.1 Å². The van der Waals surface area contributed by atoms with Gasteiger partial charge in [0.25, 0.3) is 5.56 Å². The number of rotatable bonds is 3. The summed E-state index contributed by atoms with van der Waals surface area (Å²) in [4.78, 5) is 30.0. The van der Waals surface area contributed by atoms with Crippen LogP contribution in [-0.2, 0) is 6.42 Å². The Morgan fingerprint density at radius 2 is 1.80 bits per heavy atom. The number of hydrogen-bond donors (Lipinski definition) is 0. The number of benzene rings is 1. The molecule has 1 aliphatic carbocycles. The van der Waals surface area contributed by atoms with E-state index >= 15 is 0 Å². The second-order valence-corrected chi connectivity index (χ2v) is 9.66. The molecule has 6 nitrogen and oxygen atoms in total. The number of nitrogens with zero attached hydrogens (tertiary/aromatic N) is 5. The van der Waals surface area contributed by atoms with E-state index in [0.29, 0.717) is 24.4 Å². The van der Waals surface area contributed by atoms with Crippen molar-refractivity contribution in [2.75, 3.05) is 18.0 Å². The summed E-state index contributed by atoms with van der Waals surface area (Å²) in [5.41, 5.74) is 5.92. The highest BCUT2D eigenvalue weighted by molar-refractivity contribution is 5.71. The van der Waals surface area contributed by atoms with Gasteiger partial charge in [-0.15, -0.1) is 0 Å². The van der Waals surface area contributed by atoms with Crippen LogP contribution in [0.15, 0.2) is 59.8 Å². The molecule has 0 amide bonds. The Labute approximate surface area is 203 Å². The first-order chi connectivity index (χ1) is 17.1. The molecule has 35 heavy (non-hydrogen) atoms. The standard InChI is InChI=1S/C28H28FN5O/c1-18-5-2-8-22(29)26(18)33-15-10-19(11-16-33)21-17-23-27(32-14-13-30-23)34(28(21)35)24-9-3-6-20-7-4-12-31-25(20)24/h2,4-5,7-8,12-14,17,19,24H,3,6,9-11,15-16H2,1H3. The molecule has 0 radical (unpaired) electrons. The van der Waals surface area contributed by atoms with Crippen molar-refractivity contribution >= 4 is 16.9 Å². The summed E-state index contributed by atoms with van der Waals surface area (Å²) in [6, 6.07) is 11.1. The van der Waals surface area contributed by atoms with E-state index in [4.69, 9.17) is 0 Å². The molecular weight excluding hydrogens is 441 g/mol. The topological polar surface area (TPSA) is 63.9 Å². The second kappa shape index (κ2) is 8.87. The summed E-state index contributed by atoms with van der Waals surface area (Å²) in [6.45, 7) is 3.36. The molecule has 1 aliphatic heterocycles. The van der Waals surface area contributed by atoms with Gasteiger partial charge in [-0.1, -0.05) is 18.2 Å². The lowest BCUT2D eigenvalue weighted by Gasteiger charge is -2.35. The van der Waals surface area contributed by atoms with E-state index in [9.17, 15) is 9.18 Å². The highest BCUT2D eigenvalue weighted by Crippen LogP contribution is 2.35. The monoisotopic (exact) mass is 469 g/mol. The minimum atomic E-state index is -0.185. The quantitative estimate of drug-likeness (QED) is 0.425. The molecule has 6 rings (SSSR count). The predicted octanol–water partition coefficient (Wildman–Crippen LogP) is 4.94. The Morgan fingerprint density at radius 1 is 0.971 bits per heavy atom. The Morgan fingerprint density at radius 3 is 2.63 bits per heavy atom. The number of halogens is 1. The Hall–Kier alpha value is -3.61. The predicted molar refractivity (Wildman–Crippen MR) is 134 cm³/mol. The van der Waals surface area contributed by atoms with Gasteiger partial charge in [-0.25, -0.2) is 9.37 Å². The number of piperidine rings is 1. The van der Waals surface area contributed by atoms with Crippen molar-refractivity contribution in [3.8, 4) is 0 Å². The van der Waals surface area contributed by atoms with Crippen molar-refractivity contribution in [2.45, 2.75) is 51.0 Å². The zero-order valence-electron chi connectivity index (χ0n) is 19.8. The molecule has 1 aromatic carbocycles. The van der Waals surface area contributed by atoms with Crippen LogP contribution in [0.3, 0.4) is 0 Å². The van der Waals surface area contributed by atoms with Crippen molar-refractivity contribution in [3.63, 3.8) is 0 Å². The third kappa shape index (κ3) is 3.79. The molecule has 0 spiro atoms. The number of anilines is 1. The number of pyridine rings is 2. The number of para-hydroxylation sites is 1. The number of aromatic nitrogens is 4.